The summed E-state index contributed by atoms with van der Waals surface area (Å²) in [5.74, 6) is -2.16. The number of nitrogens with zero attached hydrogens (tertiary/aromatic N) is 1. The maximum absolute atomic E-state index is 10.4. The first kappa shape index (κ1) is 8.70. The van der Waals surface area contributed by atoms with Gasteiger partial charge in [0, 0.05) is 0 Å². The zero-order valence-electron chi connectivity index (χ0n) is 6.36. The van der Waals surface area contributed by atoms with Crippen LogP contribution in [0.3, 0.4) is 0 Å². The monoisotopic (exact) mass is 171 g/mol. The van der Waals surface area contributed by atoms with E-state index in [-0.39, 0.29) is 5.71 Å². The molecule has 1 aliphatic rings. The van der Waals surface area contributed by atoms with Crippen LogP contribution in [0, 0.1) is 0 Å². The standard InChI is InChI=1S/C7H9NO4/c9-6(10)4-2-1-3-5(8-4)7(11)12/h4H,1-3H2,(H,9,10)(H,11,12)/t4-/m0/s1. The van der Waals surface area contributed by atoms with E-state index in [2.05, 4.69) is 4.99 Å². The largest absolute Gasteiger partial charge is 0.480 e. The molecule has 0 radical (unpaired) electrons. The van der Waals surface area contributed by atoms with Crippen LogP contribution in [0.1, 0.15) is 19.3 Å². The molecule has 2 N–H and O–H groups in total. The lowest BCUT2D eigenvalue weighted by atomic mass is 10.0. The lowest BCUT2D eigenvalue weighted by molar-refractivity contribution is -0.138. The minimum atomic E-state index is -1.11. The minimum Gasteiger partial charge on any atom is -0.480 e. The highest BCUT2D eigenvalue weighted by Crippen LogP contribution is 2.13. The third-order valence-electron chi connectivity index (χ3n) is 1.73. The SMILES string of the molecule is O=C(O)C1=N[C@H](C(=O)O)CCC1. The van der Waals surface area contributed by atoms with Crippen LogP contribution in [-0.2, 0) is 9.59 Å². The van der Waals surface area contributed by atoms with Gasteiger partial charge < -0.3 is 10.2 Å². The zero-order chi connectivity index (χ0) is 9.14. The molecule has 0 spiro atoms. The Morgan fingerprint density at radius 1 is 1.42 bits per heavy atom. The molecule has 0 aromatic heterocycles. The van der Waals surface area contributed by atoms with E-state index in [1.165, 1.54) is 0 Å². The molecule has 1 aliphatic heterocycles. The molecule has 66 valence electrons. The van der Waals surface area contributed by atoms with Gasteiger partial charge in [0.1, 0.15) is 11.8 Å². The second-order valence-corrected chi connectivity index (χ2v) is 2.63. The summed E-state index contributed by atoms with van der Waals surface area (Å²) >= 11 is 0. The number of hydrogen-bond donors (Lipinski definition) is 2. The lowest BCUT2D eigenvalue weighted by Gasteiger charge is -2.14. The number of carbonyl (C=O) groups is 2. The molecule has 0 aromatic carbocycles. The van der Waals surface area contributed by atoms with Crippen LogP contribution in [0.2, 0.25) is 0 Å². The molecule has 0 amide bonds. The van der Waals surface area contributed by atoms with Crippen LogP contribution >= 0.6 is 0 Å². The smallest absolute Gasteiger partial charge is 0.349 e. The Morgan fingerprint density at radius 3 is 2.58 bits per heavy atom. The number of hydrogen-bond acceptors (Lipinski definition) is 3. The summed E-state index contributed by atoms with van der Waals surface area (Å²) in [5, 5.41) is 17.1. The van der Waals surface area contributed by atoms with Gasteiger partial charge in [0.05, 0.1) is 0 Å². The van der Waals surface area contributed by atoms with Crippen LogP contribution in [0.5, 0.6) is 0 Å². The second kappa shape index (κ2) is 3.34. The van der Waals surface area contributed by atoms with Gasteiger partial charge in [-0.15, -0.1) is 0 Å². The number of rotatable bonds is 2. The third kappa shape index (κ3) is 1.81. The van der Waals surface area contributed by atoms with Crippen molar-refractivity contribution in [3.63, 3.8) is 0 Å². The summed E-state index contributed by atoms with van der Waals surface area (Å²) in [4.78, 5) is 24.4. The highest BCUT2D eigenvalue weighted by molar-refractivity contribution is 6.35. The van der Waals surface area contributed by atoms with E-state index in [9.17, 15) is 9.59 Å². The first-order valence-corrected chi connectivity index (χ1v) is 3.64. The number of aliphatic imine (C=N–C) groups is 1. The molecular formula is C7H9NO4. The Bertz CT molecular complexity index is 246. The van der Waals surface area contributed by atoms with E-state index in [1.807, 2.05) is 0 Å². The summed E-state index contributed by atoms with van der Waals surface area (Å²) in [5.41, 5.74) is -0.0198. The van der Waals surface area contributed by atoms with Crippen LogP contribution < -0.4 is 0 Å². The Labute approximate surface area is 68.7 Å². The van der Waals surface area contributed by atoms with Gasteiger partial charge in [-0.3, -0.25) is 4.99 Å². The van der Waals surface area contributed by atoms with Gasteiger partial charge >= 0.3 is 11.9 Å². The van der Waals surface area contributed by atoms with Crippen molar-refractivity contribution in [1.29, 1.82) is 0 Å². The molecule has 0 saturated heterocycles. The first-order valence-electron chi connectivity index (χ1n) is 3.64. The van der Waals surface area contributed by atoms with Crippen molar-refractivity contribution < 1.29 is 19.8 Å². The van der Waals surface area contributed by atoms with E-state index in [4.69, 9.17) is 10.2 Å². The number of carboxylic acids is 2. The van der Waals surface area contributed by atoms with Crippen molar-refractivity contribution in [2.45, 2.75) is 25.3 Å². The fourth-order valence-corrected chi connectivity index (χ4v) is 1.12. The van der Waals surface area contributed by atoms with Gasteiger partial charge in [0.25, 0.3) is 0 Å². The summed E-state index contributed by atoms with van der Waals surface area (Å²) in [6, 6.07) is -0.857. The Morgan fingerprint density at radius 2 is 2.08 bits per heavy atom. The molecule has 0 aliphatic carbocycles. The van der Waals surface area contributed by atoms with Gasteiger partial charge in [0.15, 0.2) is 0 Å². The fourth-order valence-electron chi connectivity index (χ4n) is 1.12. The summed E-state index contributed by atoms with van der Waals surface area (Å²) in [6.45, 7) is 0. The molecule has 1 heterocycles. The average Bonchev–Trinajstić information content (AvgIpc) is 2.04. The molecule has 5 heteroatoms. The second-order valence-electron chi connectivity index (χ2n) is 2.63. The third-order valence-corrected chi connectivity index (χ3v) is 1.73. The summed E-state index contributed by atoms with van der Waals surface area (Å²) in [7, 11) is 0. The molecule has 5 nitrogen and oxygen atoms in total. The van der Waals surface area contributed by atoms with E-state index in [1.54, 1.807) is 0 Å². The summed E-state index contributed by atoms with van der Waals surface area (Å²) in [6.07, 6.45) is 1.40. The average molecular weight is 171 g/mol. The van der Waals surface area contributed by atoms with Crippen molar-refractivity contribution in [1.82, 2.24) is 0 Å². The summed E-state index contributed by atoms with van der Waals surface area (Å²) < 4.78 is 0. The quantitative estimate of drug-likeness (QED) is 0.619. The normalized spacial score (nSPS) is 23.0. The fraction of sp³-hybridized carbons (Fsp3) is 0.571. The van der Waals surface area contributed by atoms with E-state index < -0.39 is 18.0 Å². The predicted molar refractivity (Wildman–Crippen MR) is 40.3 cm³/mol. The zero-order valence-corrected chi connectivity index (χ0v) is 6.36. The van der Waals surface area contributed by atoms with Crippen LogP contribution in [0.4, 0.5) is 0 Å². The molecular weight excluding hydrogens is 162 g/mol. The van der Waals surface area contributed by atoms with Gasteiger partial charge in [-0.25, -0.2) is 9.59 Å². The minimum absolute atomic E-state index is 0.0198. The van der Waals surface area contributed by atoms with Gasteiger partial charge in [-0.05, 0) is 19.3 Å². The van der Waals surface area contributed by atoms with Gasteiger partial charge in [-0.2, -0.15) is 0 Å². The van der Waals surface area contributed by atoms with Crippen molar-refractivity contribution in [2.24, 2.45) is 4.99 Å². The first-order chi connectivity index (χ1) is 5.61. The predicted octanol–water partition coefficient (Wildman–Crippen LogP) is 0.149. The van der Waals surface area contributed by atoms with Crippen LogP contribution in [0.25, 0.3) is 0 Å². The molecule has 0 fully saturated rings. The van der Waals surface area contributed by atoms with Crippen molar-refractivity contribution >= 4 is 17.7 Å². The van der Waals surface area contributed by atoms with Crippen molar-refractivity contribution in [3.8, 4) is 0 Å². The van der Waals surface area contributed by atoms with Crippen molar-refractivity contribution in [3.05, 3.63) is 0 Å². The van der Waals surface area contributed by atoms with E-state index in [0.717, 1.165) is 0 Å². The van der Waals surface area contributed by atoms with Crippen molar-refractivity contribution in [2.75, 3.05) is 0 Å². The van der Waals surface area contributed by atoms with Crippen LogP contribution in [-0.4, -0.2) is 33.9 Å². The topological polar surface area (TPSA) is 87.0 Å². The molecule has 1 atom stereocenters. The molecule has 0 aromatic rings. The van der Waals surface area contributed by atoms with Gasteiger partial charge in [-0.1, -0.05) is 0 Å². The molecule has 1 rings (SSSR count). The highest BCUT2D eigenvalue weighted by Gasteiger charge is 2.23. The van der Waals surface area contributed by atoms with E-state index >= 15 is 0 Å². The maximum atomic E-state index is 10.4. The van der Waals surface area contributed by atoms with E-state index in [0.29, 0.717) is 19.3 Å². The molecule has 0 bridgehead atoms. The Balaban J connectivity index is 2.76. The van der Waals surface area contributed by atoms with Crippen LogP contribution in [0.15, 0.2) is 4.99 Å². The van der Waals surface area contributed by atoms with Gasteiger partial charge in [0.2, 0.25) is 0 Å². The number of aliphatic carboxylic acids is 2. The lowest BCUT2D eigenvalue weighted by Crippen LogP contribution is -2.27. The maximum Gasteiger partial charge on any atom is 0.349 e. The Hall–Kier alpha value is -1.39. The highest BCUT2D eigenvalue weighted by atomic mass is 16.4. The number of carboxylic acid groups (broad SMARTS) is 2. The molecule has 12 heavy (non-hydrogen) atoms. The molecule has 0 unspecified atom stereocenters. The molecule has 0 saturated carbocycles. The Kier molecular flexibility index (Phi) is 2.42.